The first kappa shape index (κ1) is 11.4. The van der Waals surface area contributed by atoms with Gasteiger partial charge in [-0.05, 0) is 41.3 Å². The number of unbranched alkanes of at least 4 members (excludes halogenated alkanes) is 1. The molecule has 0 radical (unpaired) electrons. The largest absolute Gasteiger partial charge is 0.377 e. The van der Waals surface area contributed by atoms with Gasteiger partial charge in [0.15, 0.2) is 0 Å². The second-order valence-electron chi connectivity index (χ2n) is 4.45. The molecule has 2 rings (SSSR count). The normalized spacial score (nSPS) is 18.5. The second-order valence-corrected chi connectivity index (χ2v) is 4.45. The molecule has 0 aromatic heterocycles. The zero-order valence-electron chi connectivity index (χ0n) is 10.2. The Balaban J connectivity index is 2.27. The number of fused-ring (bicyclic) bond motifs is 1. The van der Waals surface area contributed by atoms with E-state index < -0.39 is 0 Å². The molecule has 1 aromatic carbocycles. The topological polar surface area (TPSA) is 9.23 Å². The third-order valence-electron chi connectivity index (χ3n) is 3.21. The predicted molar refractivity (Wildman–Crippen MR) is 68.6 cm³/mol. The summed E-state index contributed by atoms with van der Waals surface area (Å²) in [5, 5.41) is 2.69. The van der Waals surface area contributed by atoms with Crippen LogP contribution in [0.1, 0.15) is 31.7 Å². The first-order valence-electron chi connectivity index (χ1n) is 6.17. The zero-order chi connectivity index (χ0) is 11.4. The Morgan fingerprint density at radius 2 is 2.19 bits per heavy atom. The van der Waals surface area contributed by atoms with Crippen molar-refractivity contribution in [3.63, 3.8) is 0 Å². The van der Waals surface area contributed by atoms with Crippen molar-refractivity contribution < 1.29 is 4.74 Å². The van der Waals surface area contributed by atoms with Crippen LogP contribution in [0.25, 0.3) is 12.2 Å². The lowest BCUT2D eigenvalue weighted by Crippen LogP contribution is -2.31. The van der Waals surface area contributed by atoms with Gasteiger partial charge >= 0.3 is 0 Å². The molecule has 1 unspecified atom stereocenters. The van der Waals surface area contributed by atoms with E-state index in [2.05, 4.69) is 37.3 Å². The molecule has 0 amide bonds. The first-order valence-corrected chi connectivity index (χ1v) is 6.17. The summed E-state index contributed by atoms with van der Waals surface area (Å²) < 4.78 is 5.36. The summed E-state index contributed by atoms with van der Waals surface area (Å²) in [5.74, 6) is 0. The van der Waals surface area contributed by atoms with E-state index in [0.717, 1.165) is 6.42 Å². The third-order valence-corrected chi connectivity index (χ3v) is 3.21. The minimum atomic E-state index is 0.258. The lowest BCUT2D eigenvalue weighted by Gasteiger charge is -2.12. The Morgan fingerprint density at radius 1 is 1.31 bits per heavy atom. The van der Waals surface area contributed by atoms with Gasteiger partial charge in [0, 0.05) is 7.11 Å². The van der Waals surface area contributed by atoms with Gasteiger partial charge in [-0.1, -0.05) is 37.6 Å². The van der Waals surface area contributed by atoms with Crippen molar-refractivity contribution in [3.05, 3.63) is 34.2 Å². The smallest absolute Gasteiger partial charge is 0.0795 e. The number of aryl methyl sites for hydroxylation is 1. The average Bonchev–Trinajstić information content (AvgIpc) is 2.35. The summed E-state index contributed by atoms with van der Waals surface area (Å²) in [6.45, 7) is 2.24. The molecule has 0 bridgehead atoms. The van der Waals surface area contributed by atoms with Crippen LogP contribution in [-0.2, 0) is 11.2 Å². The van der Waals surface area contributed by atoms with Crippen molar-refractivity contribution in [2.75, 3.05) is 7.11 Å². The predicted octanol–water partition coefficient (Wildman–Crippen LogP) is 2.01. The Morgan fingerprint density at radius 3 is 2.94 bits per heavy atom. The molecule has 0 N–H and O–H groups in total. The van der Waals surface area contributed by atoms with Gasteiger partial charge in [0.2, 0.25) is 0 Å². The van der Waals surface area contributed by atoms with Gasteiger partial charge in [-0.2, -0.15) is 0 Å². The third kappa shape index (κ3) is 2.53. The van der Waals surface area contributed by atoms with Crippen LogP contribution in [0.4, 0.5) is 0 Å². The van der Waals surface area contributed by atoms with Crippen molar-refractivity contribution in [3.8, 4) is 0 Å². The van der Waals surface area contributed by atoms with Crippen LogP contribution in [0.5, 0.6) is 0 Å². The fourth-order valence-corrected chi connectivity index (χ4v) is 2.16. The SMILES string of the molecule is CCCCc1ccc2c(c1)=CCC(OC)C=2. The monoisotopic (exact) mass is 216 g/mol. The van der Waals surface area contributed by atoms with Crippen molar-refractivity contribution in [2.45, 2.75) is 38.7 Å². The van der Waals surface area contributed by atoms with E-state index >= 15 is 0 Å². The van der Waals surface area contributed by atoms with E-state index in [1.165, 1.54) is 35.3 Å². The van der Waals surface area contributed by atoms with E-state index in [1.54, 1.807) is 7.11 Å². The number of ether oxygens (including phenoxy) is 1. The highest BCUT2D eigenvalue weighted by Gasteiger charge is 2.05. The summed E-state index contributed by atoms with van der Waals surface area (Å²) in [5.41, 5.74) is 1.46. The van der Waals surface area contributed by atoms with Crippen molar-refractivity contribution in [2.24, 2.45) is 0 Å². The maximum atomic E-state index is 5.36. The van der Waals surface area contributed by atoms with Crippen LogP contribution in [0.2, 0.25) is 0 Å². The highest BCUT2D eigenvalue weighted by atomic mass is 16.5. The summed E-state index contributed by atoms with van der Waals surface area (Å²) in [6.07, 6.45) is 9.51. The summed E-state index contributed by atoms with van der Waals surface area (Å²) in [6, 6.07) is 6.80. The Bertz CT molecular complexity index is 459. The standard InChI is InChI=1S/C15H20O/c1-3-4-5-12-6-7-14-11-15(16-2)9-8-13(14)10-12/h6-8,10-11,15H,3-5,9H2,1-2H3. The van der Waals surface area contributed by atoms with Crippen molar-refractivity contribution in [1.29, 1.82) is 0 Å². The number of hydrogen-bond donors (Lipinski definition) is 0. The van der Waals surface area contributed by atoms with Crippen LogP contribution in [0.15, 0.2) is 18.2 Å². The van der Waals surface area contributed by atoms with Gasteiger partial charge < -0.3 is 4.74 Å². The van der Waals surface area contributed by atoms with Gasteiger partial charge in [-0.25, -0.2) is 0 Å². The summed E-state index contributed by atoms with van der Waals surface area (Å²) in [7, 11) is 1.77. The van der Waals surface area contributed by atoms with Gasteiger partial charge in [-0.15, -0.1) is 0 Å². The first-order chi connectivity index (χ1) is 7.83. The van der Waals surface area contributed by atoms with Crippen LogP contribution >= 0.6 is 0 Å². The van der Waals surface area contributed by atoms with Crippen LogP contribution in [0.3, 0.4) is 0 Å². The van der Waals surface area contributed by atoms with Crippen molar-refractivity contribution >= 4 is 12.2 Å². The fraction of sp³-hybridized carbons (Fsp3) is 0.467. The molecular weight excluding hydrogens is 196 g/mol. The average molecular weight is 216 g/mol. The molecule has 1 aliphatic rings. The number of rotatable bonds is 4. The molecule has 0 heterocycles. The minimum Gasteiger partial charge on any atom is -0.377 e. The van der Waals surface area contributed by atoms with E-state index in [-0.39, 0.29) is 6.10 Å². The van der Waals surface area contributed by atoms with E-state index in [1.807, 2.05) is 0 Å². The molecule has 1 atom stereocenters. The van der Waals surface area contributed by atoms with Crippen LogP contribution in [0, 0.1) is 0 Å². The summed E-state index contributed by atoms with van der Waals surface area (Å²) >= 11 is 0. The lowest BCUT2D eigenvalue weighted by atomic mass is 10.0. The quantitative estimate of drug-likeness (QED) is 0.748. The molecule has 1 heteroatoms. The number of benzene rings is 1. The van der Waals surface area contributed by atoms with Gasteiger partial charge in [0.1, 0.15) is 0 Å². The van der Waals surface area contributed by atoms with E-state index in [4.69, 9.17) is 4.74 Å². The molecule has 0 saturated carbocycles. The molecule has 1 aliphatic carbocycles. The fourth-order valence-electron chi connectivity index (χ4n) is 2.16. The molecule has 16 heavy (non-hydrogen) atoms. The molecule has 0 spiro atoms. The van der Waals surface area contributed by atoms with Gasteiger partial charge in [0.25, 0.3) is 0 Å². The molecule has 86 valence electrons. The number of hydrogen-bond acceptors (Lipinski definition) is 1. The maximum absolute atomic E-state index is 5.36. The van der Waals surface area contributed by atoms with E-state index in [0.29, 0.717) is 0 Å². The van der Waals surface area contributed by atoms with Crippen molar-refractivity contribution in [1.82, 2.24) is 0 Å². The maximum Gasteiger partial charge on any atom is 0.0795 e. The molecule has 0 fully saturated rings. The molecule has 0 saturated heterocycles. The van der Waals surface area contributed by atoms with Crippen LogP contribution in [-0.4, -0.2) is 13.2 Å². The van der Waals surface area contributed by atoms with Crippen LogP contribution < -0.4 is 10.4 Å². The molecule has 1 nitrogen and oxygen atoms in total. The van der Waals surface area contributed by atoms with E-state index in [9.17, 15) is 0 Å². The molecular formula is C15H20O. The zero-order valence-corrected chi connectivity index (χ0v) is 10.2. The van der Waals surface area contributed by atoms with Gasteiger partial charge in [-0.3, -0.25) is 0 Å². The Hall–Kier alpha value is -1.08. The van der Waals surface area contributed by atoms with Gasteiger partial charge in [0.05, 0.1) is 6.10 Å². The summed E-state index contributed by atoms with van der Waals surface area (Å²) in [4.78, 5) is 0. The Labute approximate surface area is 97.4 Å². The second kappa shape index (κ2) is 5.31. The lowest BCUT2D eigenvalue weighted by molar-refractivity contribution is 0.157. The highest BCUT2D eigenvalue weighted by molar-refractivity contribution is 5.43. The Kier molecular flexibility index (Phi) is 3.79. The molecule has 1 aromatic rings. The highest BCUT2D eigenvalue weighted by Crippen LogP contribution is 2.05. The molecule has 0 aliphatic heterocycles. The minimum absolute atomic E-state index is 0.258. The number of methoxy groups -OCH3 is 1.